The van der Waals surface area contributed by atoms with Crippen molar-refractivity contribution >= 4 is 24.8 Å². The second-order valence-electron chi connectivity index (χ2n) is 7.83. The van der Waals surface area contributed by atoms with Gasteiger partial charge >= 0.3 is 135 Å². The number of allylic oxidation sites excluding steroid dienone is 4. The third-order valence-corrected chi connectivity index (χ3v) is 7.26. The van der Waals surface area contributed by atoms with Crippen molar-refractivity contribution in [1.82, 2.24) is 0 Å². The smallest absolute Gasteiger partial charge is 0.147 e. The molecule has 121 valence electrons. The fourth-order valence-electron chi connectivity index (χ4n) is 3.91. The van der Waals surface area contributed by atoms with Crippen LogP contribution in [0, 0.1) is 22.7 Å². The Morgan fingerprint density at radius 3 is 2.38 bits per heavy atom. The molecule has 0 N–H and O–H groups in total. The van der Waals surface area contributed by atoms with Crippen LogP contribution >= 0.6 is 24.8 Å². The topological polar surface area (TPSA) is 0 Å². The standard InChI is InChI=1S/C18H29.2ClH.Zr/c1-14(2)17(3,4)16-11-8-12-18(5,13-16)15-9-6-7-10-15;;;/h6,9,14,16H,7-8,11-13H2,1-5H3;2*1H;. The molecule has 0 aromatic heterocycles. The van der Waals surface area contributed by atoms with Gasteiger partial charge in [-0.1, -0.05) is 0 Å². The number of halogens is 2. The molecule has 0 aliphatic heterocycles. The largest absolute Gasteiger partial charge is 0.147 e. The predicted octanol–water partition coefficient (Wildman–Crippen LogP) is 6.47. The van der Waals surface area contributed by atoms with Crippen molar-refractivity contribution in [2.24, 2.45) is 22.7 Å². The molecular weight excluding hydrogens is 378 g/mol. The van der Waals surface area contributed by atoms with E-state index in [1.807, 2.05) is 0 Å². The summed E-state index contributed by atoms with van der Waals surface area (Å²) in [6, 6.07) is 0. The van der Waals surface area contributed by atoms with Crippen molar-refractivity contribution in [2.45, 2.75) is 66.7 Å². The van der Waals surface area contributed by atoms with Gasteiger partial charge in [-0.15, -0.1) is 24.8 Å². The van der Waals surface area contributed by atoms with Crippen LogP contribution in [0.2, 0.25) is 0 Å². The molecule has 21 heavy (non-hydrogen) atoms. The second kappa shape index (κ2) is 8.16. The average Bonchev–Trinajstić information content (AvgIpc) is 2.76. The van der Waals surface area contributed by atoms with E-state index in [1.165, 1.54) is 32.1 Å². The summed E-state index contributed by atoms with van der Waals surface area (Å²) < 4.78 is 1.71. The predicted molar refractivity (Wildman–Crippen MR) is 94.0 cm³/mol. The quantitative estimate of drug-likeness (QED) is 0.501. The van der Waals surface area contributed by atoms with Crippen molar-refractivity contribution in [3.63, 3.8) is 0 Å². The van der Waals surface area contributed by atoms with Gasteiger partial charge in [0.25, 0.3) is 0 Å². The third-order valence-electron chi connectivity index (χ3n) is 6.10. The summed E-state index contributed by atoms with van der Waals surface area (Å²) in [5.41, 5.74) is 2.64. The van der Waals surface area contributed by atoms with E-state index in [9.17, 15) is 0 Å². The van der Waals surface area contributed by atoms with E-state index in [-0.39, 0.29) is 24.8 Å². The van der Waals surface area contributed by atoms with Gasteiger partial charge in [-0.05, 0) is 0 Å². The van der Waals surface area contributed by atoms with Crippen molar-refractivity contribution in [2.75, 3.05) is 0 Å². The van der Waals surface area contributed by atoms with Crippen LogP contribution in [0.5, 0.6) is 0 Å². The molecule has 2 aliphatic rings. The van der Waals surface area contributed by atoms with E-state index >= 15 is 0 Å². The summed E-state index contributed by atoms with van der Waals surface area (Å²) in [4.78, 5) is 0. The molecule has 2 aliphatic carbocycles. The van der Waals surface area contributed by atoms with Gasteiger partial charge in [0.1, 0.15) is 0 Å². The Bertz CT molecular complexity index is 409. The summed E-state index contributed by atoms with van der Waals surface area (Å²) in [7, 11) is 0. The van der Waals surface area contributed by atoms with Crippen LogP contribution in [-0.2, 0) is 24.7 Å². The molecule has 0 bridgehead atoms. The van der Waals surface area contributed by atoms with Crippen LogP contribution in [0.15, 0.2) is 21.0 Å². The van der Waals surface area contributed by atoms with Crippen LogP contribution in [0.3, 0.4) is 0 Å². The van der Waals surface area contributed by atoms with Gasteiger partial charge in [0, 0.05) is 0 Å². The molecule has 3 heteroatoms. The Kier molecular flexibility index (Phi) is 8.53. The molecule has 0 nitrogen and oxygen atoms in total. The maximum atomic E-state index is 2.53. The van der Waals surface area contributed by atoms with Gasteiger partial charge in [0.05, 0.1) is 0 Å². The molecule has 2 atom stereocenters. The monoisotopic (exact) mass is 407 g/mol. The summed E-state index contributed by atoms with van der Waals surface area (Å²) in [6.07, 6.45) is 11.7. The van der Waals surface area contributed by atoms with Gasteiger partial charge < -0.3 is 0 Å². The first-order chi connectivity index (χ1) is 8.77. The van der Waals surface area contributed by atoms with Crippen molar-refractivity contribution < 1.29 is 24.7 Å². The maximum absolute atomic E-state index is 2.53. The van der Waals surface area contributed by atoms with Crippen LogP contribution < -0.4 is 0 Å². The summed E-state index contributed by atoms with van der Waals surface area (Å²) in [5.74, 6) is 1.66. The third kappa shape index (κ3) is 4.48. The van der Waals surface area contributed by atoms with Gasteiger partial charge in [-0.25, -0.2) is 0 Å². The molecule has 0 amide bonds. The van der Waals surface area contributed by atoms with Gasteiger partial charge in [0.15, 0.2) is 0 Å². The fraction of sp³-hybridized carbons (Fsp3) is 0.778. The molecule has 0 aromatic rings. The average molecular weight is 410 g/mol. The second-order valence-corrected chi connectivity index (χ2v) is 9.31. The van der Waals surface area contributed by atoms with Crippen molar-refractivity contribution in [1.29, 1.82) is 0 Å². The zero-order valence-corrected chi connectivity index (χ0v) is 18.3. The van der Waals surface area contributed by atoms with Crippen LogP contribution in [0.25, 0.3) is 0 Å². The minimum atomic E-state index is 0. The molecule has 0 radical (unpaired) electrons. The molecule has 2 rings (SSSR count). The first kappa shape index (κ1) is 21.9. The van der Waals surface area contributed by atoms with Crippen molar-refractivity contribution in [3.8, 4) is 0 Å². The minimum Gasteiger partial charge on any atom is -0.147 e. The molecular formula is C18H31Cl2Zr. The van der Waals surface area contributed by atoms with E-state index in [4.69, 9.17) is 0 Å². The first-order valence-corrected chi connectivity index (χ1v) is 9.12. The van der Waals surface area contributed by atoms with E-state index in [1.54, 1.807) is 33.6 Å². The molecule has 0 saturated heterocycles. The Balaban J connectivity index is 0.00000200. The van der Waals surface area contributed by atoms with E-state index in [0.29, 0.717) is 10.8 Å². The zero-order chi connectivity index (χ0) is 14.3. The zero-order valence-electron chi connectivity index (χ0n) is 14.2. The number of hydrogen-bond donors (Lipinski definition) is 0. The molecule has 0 aromatic carbocycles. The van der Waals surface area contributed by atoms with E-state index < -0.39 is 0 Å². The van der Waals surface area contributed by atoms with E-state index in [2.05, 4.69) is 46.8 Å². The Morgan fingerprint density at radius 1 is 1.29 bits per heavy atom. The summed E-state index contributed by atoms with van der Waals surface area (Å²) >= 11 is 1.63. The van der Waals surface area contributed by atoms with E-state index in [0.717, 1.165) is 11.8 Å². The molecule has 0 heterocycles. The summed E-state index contributed by atoms with van der Waals surface area (Å²) in [5, 5.41) is 0. The molecule has 1 fully saturated rings. The van der Waals surface area contributed by atoms with Gasteiger partial charge in [-0.2, -0.15) is 0 Å². The van der Waals surface area contributed by atoms with Crippen LogP contribution in [0.1, 0.15) is 66.7 Å². The first-order valence-electron chi connectivity index (χ1n) is 7.89. The number of hydrogen-bond acceptors (Lipinski definition) is 0. The number of rotatable bonds is 3. The molecule has 1 saturated carbocycles. The van der Waals surface area contributed by atoms with Gasteiger partial charge in [-0.3, -0.25) is 0 Å². The van der Waals surface area contributed by atoms with Crippen LogP contribution in [0.4, 0.5) is 0 Å². The molecule has 0 spiro atoms. The molecule has 2 unspecified atom stereocenters. The Morgan fingerprint density at radius 2 is 1.90 bits per heavy atom. The normalized spacial score (nSPS) is 29.3. The Hall–Kier alpha value is 0.943. The van der Waals surface area contributed by atoms with Crippen molar-refractivity contribution in [3.05, 3.63) is 21.0 Å². The maximum Gasteiger partial charge on any atom is -0.147 e. The minimum absolute atomic E-state index is 0. The SMILES string of the molecule is CC(C)C(C)(C)C1CCCC(C)(C2=[C]([Zr])CC=C2)C1.Cl.Cl. The Labute approximate surface area is 159 Å². The van der Waals surface area contributed by atoms with Gasteiger partial charge in [0.2, 0.25) is 0 Å². The van der Waals surface area contributed by atoms with Crippen LogP contribution in [-0.4, -0.2) is 0 Å². The summed E-state index contributed by atoms with van der Waals surface area (Å²) in [6.45, 7) is 12.3. The fourth-order valence-corrected chi connectivity index (χ4v) is 5.14.